The maximum Gasteiger partial charge on any atom is 0.162 e. The summed E-state index contributed by atoms with van der Waals surface area (Å²) in [6, 6.07) is 40.8. The van der Waals surface area contributed by atoms with Gasteiger partial charge < -0.3 is 37.9 Å². The summed E-state index contributed by atoms with van der Waals surface area (Å²) in [6.07, 6.45) is 1.55. The molecule has 2 unspecified atom stereocenters. The van der Waals surface area contributed by atoms with Crippen LogP contribution < -0.4 is 37.9 Å². The second-order valence-corrected chi connectivity index (χ2v) is 19.2. The first kappa shape index (κ1) is 48.0. The summed E-state index contributed by atoms with van der Waals surface area (Å²) in [5.41, 5.74) is 4.57. The van der Waals surface area contributed by atoms with Crippen molar-refractivity contribution in [3.63, 3.8) is 0 Å². The summed E-state index contributed by atoms with van der Waals surface area (Å²) >= 11 is 0. The predicted molar refractivity (Wildman–Crippen MR) is 269 cm³/mol. The van der Waals surface area contributed by atoms with Gasteiger partial charge >= 0.3 is 0 Å². The summed E-state index contributed by atoms with van der Waals surface area (Å²) in [7, 11) is 2.36. The van der Waals surface area contributed by atoms with Gasteiger partial charge in [0.2, 0.25) is 0 Å². The average molecular weight is 949 g/mol. The lowest BCUT2D eigenvalue weighted by molar-refractivity contribution is 0.218. The largest absolute Gasteiger partial charge is 0.493 e. The minimum absolute atomic E-state index is 0.123. The highest BCUT2D eigenvalue weighted by Crippen LogP contribution is 2.40. The zero-order valence-corrected chi connectivity index (χ0v) is 40.8. The molecule has 0 aliphatic carbocycles. The lowest BCUT2D eigenvalue weighted by atomic mass is 10.0. The highest BCUT2D eigenvalue weighted by atomic mass is 32.2. The molecule has 0 aliphatic heterocycles. The maximum absolute atomic E-state index is 14.8. The van der Waals surface area contributed by atoms with E-state index in [0.29, 0.717) is 79.7 Å². The van der Waals surface area contributed by atoms with Gasteiger partial charge in [0.25, 0.3) is 0 Å². The molecule has 8 rings (SSSR count). The Morgan fingerprint density at radius 1 is 0.435 bits per heavy atom. The van der Waals surface area contributed by atoms with Crippen molar-refractivity contribution in [1.82, 2.24) is 9.97 Å². The lowest BCUT2D eigenvalue weighted by Crippen LogP contribution is -2.27. The fourth-order valence-electron chi connectivity index (χ4n) is 8.19. The van der Waals surface area contributed by atoms with Crippen molar-refractivity contribution in [1.29, 1.82) is 0 Å². The van der Waals surface area contributed by atoms with Gasteiger partial charge in [-0.05, 0) is 94.8 Å². The number of ether oxygens (including phenoxy) is 8. The Labute approximate surface area is 403 Å². The van der Waals surface area contributed by atoms with Crippen LogP contribution in [0.5, 0.6) is 57.5 Å². The van der Waals surface area contributed by atoms with Gasteiger partial charge in [-0.2, -0.15) is 0 Å². The number of fused-ring (bicyclic) bond motifs is 2. The molecule has 2 atom stereocenters. The van der Waals surface area contributed by atoms with Crippen LogP contribution in [0.1, 0.15) is 74.0 Å². The topological polar surface area (TPSA) is 134 Å². The lowest BCUT2D eigenvalue weighted by Gasteiger charge is -2.25. The number of nitrogens with zero attached hydrogens (tertiary/aromatic N) is 2. The van der Waals surface area contributed by atoms with Gasteiger partial charge in [0.15, 0.2) is 32.8 Å². The molecule has 0 fully saturated rings. The third-order valence-electron chi connectivity index (χ3n) is 11.8. The maximum atomic E-state index is 14.8. The second kappa shape index (κ2) is 21.2. The van der Waals surface area contributed by atoms with E-state index in [2.05, 4.69) is 37.7 Å². The molecule has 0 radical (unpaired) electrons. The highest BCUT2D eigenvalue weighted by Gasteiger charge is 2.30. The van der Waals surface area contributed by atoms with Crippen molar-refractivity contribution < 1.29 is 46.3 Å². The van der Waals surface area contributed by atoms with E-state index in [-0.39, 0.29) is 23.3 Å². The van der Waals surface area contributed by atoms with Crippen LogP contribution in [0.4, 0.5) is 0 Å². The predicted octanol–water partition coefficient (Wildman–Crippen LogP) is 13.0. The Hall–Kier alpha value is -7.51. The molecule has 2 heterocycles. The third-order valence-corrected chi connectivity index (χ3v) is 13.4. The van der Waals surface area contributed by atoms with Gasteiger partial charge in [-0.25, -0.2) is 8.42 Å². The van der Waals surface area contributed by atoms with Gasteiger partial charge in [0, 0.05) is 35.3 Å². The van der Waals surface area contributed by atoms with Gasteiger partial charge in [-0.3, -0.25) is 9.97 Å². The second-order valence-electron chi connectivity index (χ2n) is 17.1. The van der Waals surface area contributed by atoms with Crippen molar-refractivity contribution in [2.75, 3.05) is 39.9 Å². The van der Waals surface area contributed by atoms with Crippen LogP contribution in [0.2, 0.25) is 0 Å². The Morgan fingerprint density at radius 2 is 0.797 bits per heavy atom. The van der Waals surface area contributed by atoms with Gasteiger partial charge in [0.1, 0.15) is 46.7 Å². The number of rotatable bonds is 20. The Bertz CT molecular complexity index is 2950. The van der Waals surface area contributed by atoms with Crippen molar-refractivity contribution >= 4 is 31.6 Å². The Morgan fingerprint density at radius 3 is 1.16 bits per heavy atom. The van der Waals surface area contributed by atoms with E-state index in [0.717, 1.165) is 21.9 Å². The van der Waals surface area contributed by atoms with Crippen LogP contribution in [0.15, 0.2) is 146 Å². The molecule has 0 spiro atoms. The minimum Gasteiger partial charge on any atom is -0.493 e. The van der Waals surface area contributed by atoms with Gasteiger partial charge in [-0.15, -0.1) is 0 Å². The van der Waals surface area contributed by atoms with Crippen LogP contribution in [0.3, 0.4) is 0 Å². The molecule has 6 aromatic carbocycles. The van der Waals surface area contributed by atoms with Crippen LogP contribution in [0.25, 0.3) is 21.8 Å². The van der Waals surface area contributed by atoms with Gasteiger partial charge in [0.05, 0.1) is 51.0 Å². The number of aromatic nitrogens is 2. The smallest absolute Gasteiger partial charge is 0.162 e. The van der Waals surface area contributed by atoms with Gasteiger partial charge in [-0.1, -0.05) is 88.4 Å². The molecular formula is C56H56N2O10S. The molecule has 356 valence electrons. The molecule has 0 saturated carbocycles. The fraction of sp³-hybridized carbons (Fsp3) is 0.250. The quantitative estimate of drug-likeness (QED) is 0.0720. The summed E-state index contributed by atoms with van der Waals surface area (Å²) < 4.78 is 78.0. The molecule has 2 aromatic heterocycles. The number of methoxy groups -OCH3 is 4. The molecule has 8 aromatic rings. The zero-order valence-electron chi connectivity index (χ0n) is 40.0. The zero-order chi connectivity index (χ0) is 48.7. The SMILES string of the molecule is COc1cc2nccc(Oc3ccc(C(CS(=O)(=O)CC(Oc4ccccc4C(C)C)c4ccc(Oc5ccnc6cc(OC)c(OC)cc56)cc4)Oc4ccccc4C(C)C)cc3)c2cc1OC. The highest BCUT2D eigenvalue weighted by molar-refractivity contribution is 7.91. The molecule has 0 aliphatic rings. The summed E-state index contributed by atoms with van der Waals surface area (Å²) in [5.74, 6) is 5.17. The summed E-state index contributed by atoms with van der Waals surface area (Å²) in [5, 5.41) is 1.47. The molecule has 0 saturated heterocycles. The molecule has 0 N–H and O–H groups in total. The molecule has 12 nitrogen and oxygen atoms in total. The Balaban J connectivity index is 1.10. The van der Waals surface area contributed by atoms with E-state index < -0.39 is 22.0 Å². The average Bonchev–Trinajstić information content (AvgIpc) is 3.35. The van der Waals surface area contributed by atoms with Crippen LogP contribution in [-0.2, 0) is 9.84 Å². The number of para-hydroxylation sites is 2. The molecule has 69 heavy (non-hydrogen) atoms. The third kappa shape index (κ3) is 11.1. The molecule has 13 heteroatoms. The van der Waals surface area contributed by atoms with E-state index in [1.165, 1.54) is 0 Å². The van der Waals surface area contributed by atoms with Crippen LogP contribution in [-0.4, -0.2) is 58.3 Å². The Kier molecular flexibility index (Phi) is 14.7. The minimum atomic E-state index is -3.94. The van der Waals surface area contributed by atoms with E-state index in [4.69, 9.17) is 37.9 Å². The number of hydrogen-bond acceptors (Lipinski definition) is 12. The monoisotopic (exact) mass is 948 g/mol. The van der Waals surface area contributed by atoms with Crippen molar-refractivity contribution in [2.45, 2.75) is 51.7 Å². The molecule has 0 amide bonds. The number of benzene rings is 6. The number of sulfone groups is 1. The van der Waals surface area contributed by atoms with E-state index in [1.54, 1.807) is 89.4 Å². The van der Waals surface area contributed by atoms with Crippen molar-refractivity contribution in [2.24, 2.45) is 0 Å². The standard InChI is InChI=1S/C56H56N2O10S/c1-35(2)41-13-9-11-15-47(41)67-55(37-17-21-39(22-18-37)65-49-25-27-57-45-31-53(63-7)51(61-5)29-43(45)49)33-69(59,60)34-56(68-48-16-12-10-14-42(48)36(3)4)38-19-23-40(24-20-38)66-50-26-28-58-46-32-54(64-8)52(62-6)30-44(46)50/h9-32,35-36,55-56H,33-34H2,1-8H3. The normalized spacial score (nSPS) is 12.4. The van der Waals surface area contributed by atoms with Crippen molar-refractivity contribution in [3.8, 4) is 57.5 Å². The summed E-state index contributed by atoms with van der Waals surface area (Å²) in [4.78, 5) is 9.00. The van der Waals surface area contributed by atoms with Crippen LogP contribution in [0, 0.1) is 0 Å². The van der Waals surface area contributed by atoms with E-state index in [9.17, 15) is 8.42 Å². The first-order valence-electron chi connectivity index (χ1n) is 22.7. The number of pyridine rings is 2. The molecule has 0 bridgehead atoms. The van der Waals surface area contributed by atoms with Crippen molar-refractivity contribution in [3.05, 3.63) is 168 Å². The fourth-order valence-corrected chi connectivity index (χ4v) is 9.77. The summed E-state index contributed by atoms with van der Waals surface area (Å²) in [6.45, 7) is 8.32. The van der Waals surface area contributed by atoms with E-state index >= 15 is 0 Å². The van der Waals surface area contributed by atoms with E-state index in [1.807, 2.05) is 84.9 Å². The number of hydrogen-bond donors (Lipinski definition) is 0. The first-order valence-corrected chi connectivity index (χ1v) is 24.5. The molecular weight excluding hydrogens is 893 g/mol. The van der Waals surface area contributed by atoms with Crippen LogP contribution >= 0.6 is 0 Å². The first-order chi connectivity index (χ1) is 33.4.